The van der Waals surface area contributed by atoms with Gasteiger partial charge in [0.25, 0.3) is 0 Å². The van der Waals surface area contributed by atoms with Gasteiger partial charge in [0.1, 0.15) is 0 Å². The lowest BCUT2D eigenvalue weighted by Crippen LogP contribution is -2.48. The molecule has 0 spiro atoms. The molecule has 3 aliphatic heterocycles. The lowest BCUT2D eigenvalue weighted by molar-refractivity contribution is 0.0556. The SMILES string of the molecule is O=C(c1nnc(-c2ccc(S(=O)(=O)N3CCCCC3)cc2)o1)N1CCC(N2CCCCC2)CC1. The van der Waals surface area contributed by atoms with Crippen molar-refractivity contribution in [2.45, 2.75) is 62.3 Å². The minimum atomic E-state index is -3.49. The van der Waals surface area contributed by atoms with Crippen LogP contribution >= 0.6 is 0 Å². The molecule has 4 heterocycles. The third-order valence-corrected chi connectivity index (χ3v) is 9.23. The molecule has 9 nitrogen and oxygen atoms in total. The van der Waals surface area contributed by atoms with Crippen LogP contribution in [-0.4, -0.2) is 83.9 Å². The molecule has 5 rings (SSSR count). The van der Waals surface area contributed by atoms with Crippen LogP contribution in [0.1, 0.15) is 62.1 Å². The average molecular weight is 488 g/mol. The van der Waals surface area contributed by atoms with Gasteiger partial charge in [0, 0.05) is 37.8 Å². The Balaban J connectivity index is 1.21. The number of likely N-dealkylation sites (tertiary alicyclic amines) is 2. The van der Waals surface area contributed by atoms with Gasteiger partial charge >= 0.3 is 11.8 Å². The zero-order valence-electron chi connectivity index (χ0n) is 19.6. The van der Waals surface area contributed by atoms with E-state index in [1.54, 1.807) is 33.5 Å². The highest BCUT2D eigenvalue weighted by Crippen LogP contribution is 2.26. The zero-order valence-corrected chi connectivity index (χ0v) is 20.4. The second-order valence-corrected chi connectivity index (χ2v) is 11.5. The molecular formula is C24H33N5O4S. The van der Waals surface area contributed by atoms with Crippen LogP contribution in [0.25, 0.3) is 11.5 Å². The Hall–Kier alpha value is -2.30. The van der Waals surface area contributed by atoms with Gasteiger partial charge in [0.2, 0.25) is 15.9 Å². The second kappa shape index (κ2) is 10.1. The summed E-state index contributed by atoms with van der Waals surface area (Å²) in [7, 11) is -3.49. The summed E-state index contributed by atoms with van der Waals surface area (Å²) in [5.74, 6) is -0.0370. The van der Waals surface area contributed by atoms with E-state index >= 15 is 0 Å². The molecule has 1 aromatic carbocycles. The molecule has 0 saturated carbocycles. The van der Waals surface area contributed by atoms with Crippen LogP contribution in [-0.2, 0) is 10.0 Å². The molecule has 0 bridgehead atoms. The maximum Gasteiger partial charge on any atom is 0.311 e. The molecule has 1 amide bonds. The van der Waals surface area contributed by atoms with Crippen LogP contribution < -0.4 is 0 Å². The molecule has 0 aliphatic carbocycles. The lowest BCUT2D eigenvalue weighted by atomic mass is 10.00. The van der Waals surface area contributed by atoms with Gasteiger partial charge in [0.05, 0.1) is 4.90 Å². The molecule has 184 valence electrons. The fraction of sp³-hybridized carbons (Fsp3) is 0.625. The Morgan fingerprint density at radius 2 is 1.44 bits per heavy atom. The normalized spacial score (nSPS) is 21.6. The van der Waals surface area contributed by atoms with E-state index in [4.69, 9.17) is 4.42 Å². The molecule has 2 aromatic rings. The van der Waals surface area contributed by atoms with E-state index in [1.165, 1.54) is 32.4 Å². The Morgan fingerprint density at radius 1 is 0.824 bits per heavy atom. The first kappa shape index (κ1) is 23.4. The number of sulfonamides is 1. The van der Waals surface area contributed by atoms with Gasteiger partial charge in [-0.3, -0.25) is 4.79 Å². The number of aromatic nitrogens is 2. The summed E-state index contributed by atoms with van der Waals surface area (Å²) >= 11 is 0. The summed E-state index contributed by atoms with van der Waals surface area (Å²) in [6.07, 6.45) is 8.67. The Bertz CT molecular complexity index is 1080. The highest BCUT2D eigenvalue weighted by molar-refractivity contribution is 7.89. The number of nitrogens with zero attached hydrogens (tertiary/aromatic N) is 5. The molecule has 0 unspecified atom stereocenters. The molecule has 0 N–H and O–H groups in total. The summed E-state index contributed by atoms with van der Waals surface area (Å²) in [6.45, 7) is 4.86. The fourth-order valence-electron chi connectivity index (χ4n) is 5.30. The number of carbonyl (C=O) groups is 1. The maximum absolute atomic E-state index is 12.9. The van der Waals surface area contributed by atoms with E-state index < -0.39 is 10.0 Å². The minimum absolute atomic E-state index is 0.0172. The fourth-order valence-corrected chi connectivity index (χ4v) is 6.82. The summed E-state index contributed by atoms with van der Waals surface area (Å²) in [5.41, 5.74) is 0.591. The highest BCUT2D eigenvalue weighted by atomic mass is 32.2. The van der Waals surface area contributed by atoms with Gasteiger partial charge in [-0.1, -0.05) is 12.8 Å². The largest absolute Gasteiger partial charge is 0.412 e. The van der Waals surface area contributed by atoms with Gasteiger partial charge in [-0.15, -0.1) is 10.2 Å². The number of piperidine rings is 3. The zero-order chi connectivity index (χ0) is 23.5. The van der Waals surface area contributed by atoms with Crippen LogP contribution in [0.5, 0.6) is 0 Å². The van der Waals surface area contributed by atoms with E-state index in [0.29, 0.717) is 37.8 Å². The molecule has 0 atom stereocenters. The number of benzene rings is 1. The summed E-state index contributed by atoms with van der Waals surface area (Å²) < 4.78 is 32.9. The van der Waals surface area contributed by atoms with Crippen LogP contribution in [0, 0.1) is 0 Å². The molecule has 0 radical (unpaired) electrons. The van der Waals surface area contributed by atoms with E-state index in [2.05, 4.69) is 15.1 Å². The Labute approximate surface area is 201 Å². The first-order valence-corrected chi connectivity index (χ1v) is 13.9. The third kappa shape index (κ3) is 4.89. The summed E-state index contributed by atoms with van der Waals surface area (Å²) in [6, 6.07) is 7.00. The first-order valence-electron chi connectivity index (χ1n) is 12.5. The maximum atomic E-state index is 12.9. The third-order valence-electron chi connectivity index (χ3n) is 7.32. The average Bonchev–Trinajstić information content (AvgIpc) is 3.40. The number of hydrogen-bond donors (Lipinski definition) is 0. The first-order chi connectivity index (χ1) is 16.5. The predicted molar refractivity (Wildman–Crippen MR) is 127 cm³/mol. The number of hydrogen-bond acceptors (Lipinski definition) is 7. The van der Waals surface area contributed by atoms with Gasteiger partial charge < -0.3 is 14.2 Å². The number of amides is 1. The lowest BCUT2D eigenvalue weighted by Gasteiger charge is -2.39. The van der Waals surface area contributed by atoms with Crippen LogP contribution in [0.15, 0.2) is 33.6 Å². The van der Waals surface area contributed by atoms with Crippen molar-refractivity contribution in [2.75, 3.05) is 39.3 Å². The van der Waals surface area contributed by atoms with E-state index in [1.807, 2.05) is 0 Å². The van der Waals surface area contributed by atoms with Crippen molar-refractivity contribution in [3.63, 3.8) is 0 Å². The van der Waals surface area contributed by atoms with Crippen molar-refractivity contribution < 1.29 is 17.6 Å². The van der Waals surface area contributed by atoms with Gasteiger partial charge in [-0.2, -0.15) is 4.31 Å². The standard InChI is InChI=1S/C24H33N5O4S/c30-24(28-17-11-20(12-18-28)27-13-3-1-4-14-27)23-26-25-22(33-23)19-7-9-21(10-8-19)34(31,32)29-15-5-2-6-16-29/h7-10,20H,1-6,11-18H2. The molecular weight excluding hydrogens is 454 g/mol. The predicted octanol–water partition coefficient (Wildman–Crippen LogP) is 3.00. The highest BCUT2D eigenvalue weighted by Gasteiger charge is 2.30. The van der Waals surface area contributed by atoms with Crippen molar-refractivity contribution in [3.8, 4) is 11.5 Å². The quantitative estimate of drug-likeness (QED) is 0.639. The van der Waals surface area contributed by atoms with E-state index in [0.717, 1.165) is 32.1 Å². The Kier molecular flexibility index (Phi) is 6.99. The van der Waals surface area contributed by atoms with Crippen LogP contribution in [0.4, 0.5) is 0 Å². The summed E-state index contributed by atoms with van der Waals surface area (Å²) in [5, 5.41) is 8.02. The van der Waals surface area contributed by atoms with Crippen LogP contribution in [0.3, 0.4) is 0 Å². The van der Waals surface area contributed by atoms with Crippen LogP contribution in [0.2, 0.25) is 0 Å². The summed E-state index contributed by atoms with van der Waals surface area (Å²) in [4.78, 5) is 17.5. The topological polar surface area (TPSA) is 99.8 Å². The van der Waals surface area contributed by atoms with Crippen molar-refractivity contribution in [3.05, 3.63) is 30.2 Å². The molecule has 10 heteroatoms. The van der Waals surface area contributed by atoms with Gasteiger partial charge in [0.15, 0.2) is 0 Å². The van der Waals surface area contributed by atoms with Crippen molar-refractivity contribution >= 4 is 15.9 Å². The van der Waals surface area contributed by atoms with Gasteiger partial charge in [-0.25, -0.2) is 8.42 Å². The minimum Gasteiger partial charge on any atom is -0.412 e. The molecule has 3 aliphatic rings. The molecule has 3 fully saturated rings. The second-order valence-electron chi connectivity index (χ2n) is 9.52. The van der Waals surface area contributed by atoms with Gasteiger partial charge in [-0.05, 0) is 75.9 Å². The smallest absolute Gasteiger partial charge is 0.311 e. The van der Waals surface area contributed by atoms with Crippen molar-refractivity contribution in [1.29, 1.82) is 0 Å². The monoisotopic (exact) mass is 487 g/mol. The number of rotatable bonds is 5. The van der Waals surface area contributed by atoms with Crippen molar-refractivity contribution in [2.24, 2.45) is 0 Å². The number of carbonyl (C=O) groups excluding carboxylic acids is 1. The molecule has 34 heavy (non-hydrogen) atoms. The van der Waals surface area contributed by atoms with E-state index in [9.17, 15) is 13.2 Å². The van der Waals surface area contributed by atoms with Crippen molar-refractivity contribution in [1.82, 2.24) is 24.3 Å². The molecule has 3 saturated heterocycles. The van der Waals surface area contributed by atoms with E-state index in [-0.39, 0.29) is 22.6 Å². The molecule has 1 aromatic heterocycles. The Morgan fingerprint density at radius 3 is 2.09 bits per heavy atom.